The molecular weight excluding hydrogens is 284 g/mol. The summed E-state index contributed by atoms with van der Waals surface area (Å²) in [6, 6.07) is 8.00. The van der Waals surface area contributed by atoms with Crippen LogP contribution in [-0.2, 0) is 5.33 Å². The molecule has 1 nitrogen and oxygen atoms in total. The van der Waals surface area contributed by atoms with Crippen LogP contribution in [0.2, 0.25) is 0 Å². The smallest absolute Gasteiger partial charge is 0.174 e. The van der Waals surface area contributed by atoms with Crippen molar-refractivity contribution >= 4 is 42.8 Å². The van der Waals surface area contributed by atoms with Crippen molar-refractivity contribution in [2.45, 2.75) is 5.33 Å². The Balaban J connectivity index is 2.81. The van der Waals surface area contributed by atoms with Crippen molar-refractivity contribution in [2.75, 3.05) is 0 Å². The van der Waals surface area contributed by atoms with Crippen LogP contribution < -0.4 is 0 Å². The zero-order valence-electron chi connectivity index (χ0n) is 6.18. The van der Waals surface area contributed by atoms with E-state index in [0.717, 1.165) is 15.6 Å². The number of benzene rings is 1. The normalized spacial score (nSPS) is 10.8. The fourth-order valence-electron chi connectivity index (χ4n) is 1.19. The van der Waals surface area contributed by atoms with E-state index in [4.69, 9.17) is 4.42 Å². The van der Waals surface area contributed by atoms with E-state index < -0.39 is 0 Å². The van der Waals surface area contributed by atoms with Crippen molar-refractivity contribution in [1.82, 2.24) is 0 Å². The Labute approximate surface area is 87.0 Å². The lowest BCUT2D eigenvalue weighted by Gasteiger charge is -1.88. The van der Waals surface area contributed by atoms with E-state index in [-0.39, 0.29) is 0 Å². The quantitative estimate of drug-likeness (QED) is 0.721. The summed E-state index contributed by atoms with van der Waals surface area (Å²) < 4.78 is 6.30. The predicted octanol–water partition coefficient (Wildman–Crippen LogP) is 4.09. The third kappa shape index (κ3) is 1.21. The van der Waals surface area contributed by atoms with Crippen molar-refractivity contribution in [3.05, 3.63) is 34.5 Å². The summed E-state index contributed by atoms with van der Waals surface area (Å²) in [6.07, 6.45) is 0. The molecular formula is C9H6Br2O. The van der Waals surface area contributed by atoms with E-state index >= 15 is 0 Å². The van der Waals surface area contributed by atoms with Crippen LogP contribution in [0.1, 0.15) is 5.56 Å². The molecule has 0 aliphatic heterocycles. The van der Waals surface area contributed by atoms with Gasteiger partial charge < -0.3 is 4.42 Å². The second-order valence-corrected chi connectivity index (χ2v) is 3.77. The SMILES string of the molecule is BrCc1c(Br)oc2ccccc12. The van der Waals surface area contributed by atoms with Gasteiger partial charge in [0.25, 0.3) is 0 Å². The van der Waals surface area contributed by atoms with Gasteiger partial charge in [-0.25, -0.2) is 0 Å². The first-order valence-electron chi connectivity index (χ1n) is 3.55. The maximum absolute atomic E-state index is 5.48. The number of rotatable bonds is 1. The summed E-state index contributed by atoms with van der Waals surface area (Å²) in [5, 5.41) is 1.98. The van der Waals surface area contributed by atoms with Gasteiger partial charge in [0.1, 0.15) is 5.58 Å². The molecule has 0 aliphatic rings. The maximum atomic E-state index is 5.48. The molecule has 1 aromatic heterocycles. The zero-order chi connectivity index (χ0) is 8.55. The van der Waals surface area contributed by atoms with Crippen LogP contribution in [0.15, 0.2) is 33.4 Å². The highest BCUT2D eigenvalue weighted by atomic mass is 79.9. The van der Waals surface area contributed by atoms with Gasteiger partial charge in [0.2, 0.25) is 0 Å². The number of alkyl halides is 1. The van der Waals surface area contributed by atoms with Gasteiger partial charge in [0, 0.05) is 16.3 Å². The molecule has 0 atom stereocenters. The van der Waals surface area contributed by atoms with Gasteiger partial charge in [-0.3, -0.25) is 0 Å². The lowest BCUT2D eigenvalue weighted by molar-refractivity contribution is 0.583. The van der Waals surface area contributed by atoms with Crippen LogP contribution in [0, 0.1) is 0 Å². The second-order valence-electron chi connectivity index (χ2n) is 2.48. The summed E-state index contributed by atoms with van der Waals surface area (Å²) in [5.41, 5.74) is 2.10. The Morgan fingerprint density at radius 1 is 1.25 bits per heavy atom. The van der Waals surface area contributed by atoms with Crippen molar-refractivity contribution in [2.24, 2.45) is 0 Å². The third-order valence-corrected chi connectivity index (χ3v) is 2.98. The topological polar surface area (TPSA) is 13.1 Å². The average Bonchev–Trinajstić information content (AvgIpc) is 2.40. The van der Waals surface area contributed by atoms with Crippen LogP contribution in [-0.4, -0.2) is 0 Å². The standard InChI is InChI=1S/C9H6Br2O/c10-5-7-6-3-1-2-4-8(6)12-9(7)11/h1-4H,5H2. The monoisotopic (exact) mass is 288 g/mol. The largest absolute Gasteiger partial charge is 0.449 e. The van der Waals surface area contributed by atoms with Gasteiger partial charge in [-0.2, -0.15) is 0 Å². The van der Waals surface area contributed by atoms with Gasteiger partial charge in [-0.15, -0.1) is 0 Å². The summed E-state index contributed by atoms with van der Waals surface area (Å²) in [7, 11) is 0. The molecule has 62 valence electrons. The predicted molar refractivity (Wildman–Crippen MR) is 56.5 cm³/mol. The van der Waals surface area contributed by atoms with E-state index in [9.17, 15) is 0 Å². The Bertz CT molecular complexity index is 406. The van der Waals surface area contributed by atoms with Gasteiger partial charge in [-0.1, -0.05) is 34.1 Å². The third-order valence-electron chi connectivity index (χ3n) is 1.78. The molecule has 2 aromatic rings. The second kappa shape index (κ2) is 3.23. The molecule has 1 heterocycles. The number of fused-ring (bicyclic) bond motifs is 1. The van der Waals surface area contributed by atoms with Gasteiger partial charge in [0.05, 0.1) is 0 Å². The number of furan rings is 1. The average molecular weight is 290 g/mol. The van der Waals surface area contributed by atoms with Crippen molar-refractivity contribution in [3.63, 3.8) is 0 Å². The molecule has 0 aliphatic carbocycles. The summed E-state index contributed by atoms with van der Waals surface area (Å²) in [6.45, 7) is 0. The van der Waals surface area contributed by atoms with Gasteiger partial charge in [0.15, 0.2) is 4.67 Å². The zero-order valence-corrected chi connectivity index (χ0v) is 9.35. The number of para-hydroxylation sites is 1. The van der Waals surface area contributed by atoms with Gasteiger partial charge in [-0.05, 0) is 22.0 Å². The molecule has 0 bridgehead atoms. The Morgan fingerprint density at radius 3 is 2.75 bits per heavy atom. The molecule has 3 heteroatoms. The molecule has 0 fully saturated rings. The fraction of sp³-hybridized carbons (Fsp3) is 0.111. The summed E-state index contributed by atoms with van der Waals surface area (Å²) in [5.74, 6) is 0. The van der Waals surface area contributed by atoms with E-state index in [0.29, 0.717) is 0 Å². The first-order valence-corrected chi connectivity index (χ1v) is 5.46. The first-order chi connectivity index (χ1) is 5.83. The van der Waals surface area contributed by atoms with Crippen LogP contribution in [0.4, 0.5) is 0 Å². The minimum Gasteiger partial charge on any atom is -0.449 e. The Morgan fingerprint density at radius 2 is 2.00 bits per heavy atom. The molecule has 2 rings (SSSR count). The number of hydrogen-bond acceptors (Lipinski definition) is 1. The van der Waals surface area contributed by atoms with E-state index in [2.05, 4.69) is 37.9 Å². The van der Waals surface area contributed by atoms with Crippen molar-refractivity contribution < 1.29 is 4.42 Å². The summed E-state index contributed by atoms with van der Waals surface area (Å²) in [4.78, 5) is 0. The van der Waals surface area contributed by atoms with E-state index in [1.807, 2.05) is 18.2 Å². The maximum Gasteiger partial charge on any atom is 0.174 e. The Hall–Kier alpha value is -0.280. The molecule has 1 aromatic carbocycles. The highest BCUT2D eigenvalue weighted by molar-refractivity contribution is 9.10. The summed E-state index contributed by atoms with van der Waals surface area (Å²) >= 11 is 6.79. The number of halogens is 2. The van der Waals surface area contributed by atoms with Crippen LogP contribution in [0.25, 0.3) is 11.0 Å². The molecule has 0 radical (unpaired) electrons. The minimum absolute atomic E-state index is 0.810. The molecule has 0 N–H and O–H groups in total. The lowest BCUT2D eigenvalue weighted by atomic mass is 10.2. The van der Waals surface area contributed by atoms with Crippen molar-refractivity contribution in [1.29, 1.82) is 0 Å². The molecule has 12 heavy (non-hydrogen) atoms. The molecule has 0 unspecified atom stereocenters. The lowest BCUT2D eigenvalue weighted by Crippen LogP contribution is -1.72. The number of hydrogen-bond donors (Lipinski definition) is 0. The Kier molecular flexibility index (Phi) is 2.24. The van der Waals surface area contributed by atoms with Crippen LogP contribution >= 0.6 is 31.9 Å². The molecule has 0 spiro atoms. The first kappa shape index (κ1) is 8.32. The van der Waals surface area contributed by atoms with Crippen LogP contribution in [0.5, 0.6) is 0 Å². The van der Waals surface area contributed by atoms with E-state index in [1.54, 1.807) is 0 Å². The molecule has 0 amide bonds. The molecule has 0 saturated heterocycles. The van der Waals surface area contributed by atoms with E-state index in [1.165, 1.54) is 10.9 Å². The van der Waals surface area contributed by atoms with Crippen LogP contribution in [0.3, 0.4) is 0 Å². The highest BCUT2D eigenvalue weighted by Crippen LogP contribution is 2.31. The minimum atomic E-state index is 0.810. The highest BCUT2D eigenvalue weighted by Gasteiger charge is 2.08. The van der Waals surface area contributed by atoms with Crippen molar-refractivity contribution in [3.8, 4) is 0 Å². The van der Waals surface area contributed by atoms with Gasteiger partial charge >= 0.3 is 0 Å². The fourth-order valence-corrected chi connectivity index (χ4v) is 2.65. The molecule has 0 saturated carbocycles.